The van der Waals surface area contributed by atoms with E-state index in [1.54, 1.807) is 4.90 Å². The second-order valence-electron chi connectivity index (χ2n) is 4.24. The van der Waals surface area contributed by atoms with Crippen molar-refractivity contribution in [1.29, 1.82) is 0 Å². The molecule has 0 radical (unpaired) electrons. The van der Waals surface area contributed by atoms with Crippen LogP contribution in [0.3, 0.4) is 0 Å². The normalized spacial score (nSPS) is 26.8. The summed E-state index contributed by atoms with van der Waals surface area (Å²) in [6.45, 7) is 2.29. The van der Waals surface area contributed by atoms with Gasteiger partial charge in [-0.15, -0.1) is 0 Å². The molecule has 88 valence electrons. The number of nitrogens with one attached hydrogen (secondary N) is 1. The minimum atomic E-state index is -0.240. The molecule has 2 atom stereocenters. The molecule has 1 saturated heterocycles. The largest absolute Gasteiger partial charge is 0.491 e. The van der Waals surface area contributed by atoms with Gasteiger partial charge in [0.2, 0.25) is 0 Å². The Kier molecular flexibility index (Phi) is 2.29. The fraction of sp³-hybridized carbons (Fsp3) is 0.333. The molecule has 1 N–H and O–H groups in total. The van der Waals surface area contributed by atoms with Crippen LogP contribution in [0.25, 0.3) is 0 Å². The number of para-hydroxylation sites is 1. The molecule has 3 rings (SSSR count). The van der Waals surface area contributed by atoms with Crippen LogP contribution >= 0.6 is 12.2 Å². The predicted molar refractivity (Wildman–Crippen MR) is 66.7 cm³/mol. The average molecular weight is 248 g/mol. The fourth-order valence-electron chi connectivity index (χ4n) is 2.28. The van der Waals surface area contributed by atoms with Crippen molar-refractivity contribution in [3.8, 4) is 5.75 Å². The minimum Gasteiger partial charge on any atom is -0.491 e. The van der Waals surface area contributed by atoms with Crippen LogP contribution in [-0.4, -0.2) is 28.6 Å². The molecule has 1 aromatic carbocycles. The third-order valence-corrected chi connectivity index (χ3v) is 3.47. The summed E-state index contributed by atoms with van der Waals surface area (Å²) in [4.78, 5) is 13.7. The molecule has 0 bridgehead atoms. The van der Waals surface area contributed by atoms with Crippen molar-refractivity contribution in [3.63, 3.8) is 0 Å². The molecular formula is C12H12N2O2S. The highest BCUT2D eigenvalue weighted by molar-refractivity contribution is 7.80. The molecule has 0 aliphatic carbocycles. The zero-order valence-corrected chi connectivity index (χ0v) is 10.2. The van der Waals surface area contributed by atoms with Gasteiger partial charge in [-0.05, 0) is 25.2 Å². The van der Waals surface area contributed by atoms with E-state index in [-0.39, 0.29) is 18.0 Å². The minimum absolute atomic E-state index is 0.0142. The molecule has 1 amide bonds. The zero-order chi connectivity index (χ0) is 12.0. The standard InChI is InChI=1S/C12H12N2O2S/c1-7-11(15)14(12(17)13-7)9-6-16-10-5-3-2-4-8(9)10/h2-5,7,9H,6H2,1H3,(H,13,17)/t7-,9-/m0/s1. The lowest BCUT2D eigenvalue weighted by atomic mass is 10.1. The van der Waals surface area contributed by atoms with Crippen molar-refractivity contribution in [3.05, 3.63) is 29.8 Å². The smallest absolute Gasteiger partial charge is 0.251 e. The maximum absolute atomic E-state index is 12.0. The van der Waals surface area contributed by atoms with Crippen LogP contribution in [0.1, 0.15) is 18.5 Å². The van der Waals surface area contributed by atoms with Crippen LogP contribution in [0.2, 0.25) is 0 Å². The number of rotatable bonds is 1. The Hall–Kier alpha value is -1.62. The fourth-order valence-corrected chi connectivity index (χ4v) is 2.67. The lowest BCUT2D eigenvalue weighted by Crippen LogP contribution is -2.35. The van der Waals surface area contributed by atoms with E-state index in [4.69, 9.17) is 17.0 Å². The van der Waals surface area contributed by atoms with Gasteiger partial charge in [-0.3, -0.25) is 9.69 Å². The van der Waals surface area contributed by atoms with Crippen LogP contribution < -0.4 is 10.1 Å². The van der Waals surface area contributed by atoms with E-state index in [2.05, 4.69) is 5.32 Å². The summed E-state index contributed by atoms with van der Waals surface area (Å²) < 4.78 is 5.57. The number of hydrogen-bond acceptors (Lipinski definition) is 3. The number of fused-ring (bicyclic) bond motifs is 1. The topological polar surface area (TPSA) is 41.6 Å². The van der Waals surface area contributed by atoms with E-state index < -0.39 is 0 Å². The Morgan fingerprint density at radius 2 is 2.24 bits per heavy atom. The van der Waals surface area contributed by atoms with Crippen molar-refractivity contribution in [2.75, 3.05) is 6.61 Å². The van der Waals surface area contributed by atoms with Crippen molar-refractivity contribution >= 4 is 23.2 Å². The van der Waals surface area contributed by atoms with E-state index >= 15 is 0 Å². The van der Waals surface area contributed by atoms with Gasteiger partial charge in [0.1, 0.15) is 24.4 Å². The van der Waals surface area contributed by atoms with E-state index in [1.807, 2.05) is 31.2 Å². The number of ether oxygens (including phenoxy) is 1. The summed E-state index contributed by atoms with van der Waals surface area (Å²) in [7, 11) is 0. The summed E-state index contributed by atoms with van der Waals surface area (Å²) in [5.74, 6) is 0.855. The number of carbonyl (C=O) groups is 1. The highest BCUT2D eigenvalue weighted by Crippen LogP contribution is 2.37. The summed E-state index contributed by atoms with van der Waals surface area (Å²) in [5.41, 5.74) is 1.03. The van der Waals surface area contributed by atoms with E-state index in [0.717, 1.165) is 11.3 Å². The quantitative estimate of drug-likeness (QED) is 0.759. The molecule has 2 aliphatic rings. The predicted octanol–water partition coefficient (Wildman–Crippen LogP) is 1.23. The van der Waals surface area contributed by atoms with Crippen molar-refractivity contribution in [2.24, 2.45) is 0 Å². The Bertz CT molecular complexity index is 503. The van der Waals surface area contributed by atoms with Gasteiger partial charge in [-0.1, -0.05) is 18.2 Å². The van der Waals surface area contributed by atoms with Gasteiger partial charge in [0.25, 0.3) is 5.91 Å². The van der Waals surface area contributed by atoms with Gasteiger partial charge >= 0.3 is 0 Å². The van der Waals surface area contributed by atoms with Crippen molar-refractivity contribution in [1.82, 2.24) is 10.2 Å². The first-order chi connectivity index (χ1) is 8.18. The summed E-state index contributed by atoms with van der Waals surface area (Å²) >= 11 is 5.20. The lowest BCUT2D eigenvalue weighted by Gasteiger charge is -2.21. The molecule has 1 fully saturated rings. The zero-order valence-electron chi connectivity index (χ0n) is 9.34. The monoisotopic (exact) mass is 248 g/mol. The van der Waals surface area contributed by atoms with Gasteiger partial charge in [-0.25, -0.2) is 0 Å². The average Bonchev–Trinajstić information content (AvgIpc) is 2.82. The van der Waals surface area contributed by atoms with Gasteiger partial charge in [0, 0.05) is 5.56 Å². The number of benzene rings is 1. The lowest BCUT2D eigenvalue weighted by molar-refractivity contribution is -0.128. The van der Waals surface area contributed by atoms with E-state index in [1.165, 1.54) is 0 Å². The number of hydrogen-bond donors (Lipinski definition) is 1. The Morgan fingerprint density at radius 3 is 2.94 bits per heavy atom. The van der Waals surface area contributed by atoms with E-state index in [9.17, 15) is 4.79 Å². The molecule has 2 heterocycles. The van der Waals surface area contributed by atoms with Crippen molar-refractivity contribution in [2.45, 2.75) is 19.0 Å². The number of amides is 1. The van der Waals surface area contributed by atoms with Crippen molar-refractivity contribution < 1.29 is 9.53 Å². The third-order valence-electron chi connectivity index (χ3n) is 3.15. The molecular weight excluding hydrogens is 236 g/mol. The molecule has 5 heteroatoms. The van der Waals surface area contributed by atoms with Crippen LogP contribution in [0.4, 0.5) is 0 Å². The second-order valence-corrected chi connectivity index (χ2v) is 4.63. The molecule has 17 heavy (non-hydrogen) atoms. The van der Waals surface area contributed by atoms with Crippen LogP contribution in [0.5, 0.6) is 5.75 Å². The molecule has 0 unspecified atom stereocenters. The first kappa shape index (κ1) is 10.5. The van der Waals surface area contributed by atoms with Crippen LogP contribution in [0.15, 0.2) is 24.3 Å². The third kappa shape index (κ3) is 1.50. The molecule has 0 saturated carbocycles. The first-order valence-electron chi connectivity index (χ1n) is 5.54. The first-order valence-corrected chi connectivity index (χ1v) is 5.94. The SMILES string of the molecule is C[C@@H]1NC(=S)N([C@H]2COc3ccccc32)C1=O. The van der Waals surface area contributed by atoms with Gasteiger partial charge in [0.05, 0.1) is 0 Å². The summed E-state index contributed by atoms with van der Waals surface area (Å²) in [6.07, 6.45) is 0. The molecule has 1 aromatic rings. The highest BCUT2D eigenvalue weighted by atomic mass is 32.1. The Labute approximate surface area is 105 Å². The molecule has 0 spiro atoms. The number of nitrogens with zero attached hydrogens (tertiary/aromatic N) is 1. The maximum atomic E-state index is 12.0. The number of thiocarbonyl (C=S) groups is 1. The van der Waals surface area contributed by atoms with Gasteiger partial charge in [-0.2, -0.15) is 0 Å². The second kappa shape index (κ2) is 3.70. The molecule has 2 aliphatic heterocycles. The molecule has 0 aromatic heterocycles. The van der Waals surface area contributed by atoms with Crippen LogP contribution in [0, 0.1) is 0 Å². The summed E-state index contributed by atoms with van der Waals surface area (Å²) in [6, 6.07) is 7.42. The molecule has 4 nitrogen and oxygen atoms in total. The van der Waals surface area contributed by atoms with Crippen LogP contribution in [-0.2, 0) is 4.79 Å². The van der Waals surface area contributed by atoms with E-state index in [0.29, 0.717) is 11.7 Å². The van der Waals surface area contributed by atoms with Gasteiger partial charge in [0.15, 0.2) is 5.11 Å². The Balaban J connectivity index is 1.97. The highest BCUT2D eigenvalue weighted by Gasteiger charge is 2.41. The Morgan fingerprint density at radius 1 is 1.47 bits per heavy atom. The van der Waals surface area contributed by atoms with Gasteiger partial charge < -0.3 is 10.1 Å². The maximum Gasteiger partial charge on any atom is 0.251 e. The number of carbonyl (C=O) groups excluding carboxylic acids is 1. The summed E-state index contributed by atoms with van der Waals surface area (Å²) in [5, 5.41) is 3.47.